The van der Waals surface area contributed by atoms with Crippen molar-refractivity contribution in [3.63, 3.8) is 0 Å². The van der Waals surface area contributed by atoms with Gasteiger partial charge in [0, 0.05) is 16.4 Å². The van der Waals surface area contributed by atoms with Crippen molar-refractivity contribution in [1.82, 2.24) is 19.7 Å². The van der Waals surface area contributed by atoms with Gasteiger partial charge in [0.1, 0.15) is 12.3 Å². The normalized spacial score (nSPS) is 11.4. The van der Waals surface area contributed by atoms with Crippen molar-refractivity contribution in [2.75, 3.05) is 11.9 Å². The van der Waals surface area contributed by atoms with E-state index in [0.29, 0.717) is 22.3 Å². The summed E-state index contributed by atoms with van der Waals surface area (Å²) < 4.78 is 7.51. The number of aromatic amines is 1. The minimum Gasteiger partial charge on any atom is -0.494 e. The van der Waals surface area contributed by atoms with Crippen LogP contribution in [0.15, 0.2) is 29.6 Å². The van der Waals surface area contributed by atoms with Gasteiger partial charge in [-0.1, -0.05) is 20.8 Å². The zero-order valence-corrected chi connectivity index (χ0v) is 17.9. The maximum atomic E-state index is 12.5. The highest BCUT2D eigenvalue weighted by Gasteiger charge is 2.19. The second-order valence-corrected chi connectivity index (χ2v) is 8.48. The first kappa shape index (κ1) is 20.2. The second kappa shape index (κ2) is 8.24. The van der Waals surface area contributed by atoms with Crippen LogP contribution in [-0.4, -0.2) is 32.3 Å². The highest BCUT2D eigenvalue weighted by atomic mass is 32.1. The molecule has 2 aromatic heterocycles. The number of amides is 1. The number of hydrogen-bond donors (Lipinski definition) is 2. The van der Waals surface area contributed by atoms with E-state index in [2.05, 4.69) is 41.3 Å². The molecule has 0 aliphatic carbocycles. The summed E-state index contributed by atoms with van der Waals surface area (Å²) in [5.41, 5.74) is 1.73. The molecule has 3 aromatic rings. The molecule has 0 atom stereocenters. The smallest absolute Gasteiger partial charge is 0.246 e. The van der Waals surface area contributed by atoms with Crippen LogP contribution < -0.4 is 10.1 Å². The van der Waals surface area contributed by atoms with Gasteiger partial charge >= 0.3 is 0 Å². The zero-order valence-electron chi connectivity index (χ0n) is 16.3. The Kier molecular flexibility index (Phi) is 5.95. The van der Waals surface area contributed by atoms with Crippen molar-refractivity contribution in [2.45, 2.75) is 39.7 Å². The highest BCUT2D eigenvalue weighted by Crippen LogP contribution is 2.26. The number of ether oxygens (including phenoxy) is 1. The molecule has 2 N–H and O–H groups in total. The molecule has 2 heterocycles. The number of hydrogen-bond acceptors (Lipinski definition) is 6. The Morgan fingerprint density at radius 1 is 1.32 bits per heavy atom. The standard InChI is InChI=1S/C19H23N5O2S2/c1-5-26-13-8-6-12(7-9-13)16-22-23-18(27)24(16)10-15(25)21-17-20-14(11-28-17)19(2,3)4/h6-9,11H,5,10H2,1-4H3,(H,23,27)(H,20,21,25). The predicted octanol–water partition coefficient (Wildman–Crippen LogP) is 4.40. The molecule has 28 heavy (non-hydrogen) atoms. The lowest BCUT2D eigenvalue weighted by Gasteiger charge is -2.14. The van der Waals surface area contributed by atoms with Crippen LogP contribution in [0.3, 0.4) is 0 Å². The average Bonchev–Trinajstić information content (AvgIpc) is 3.24. The summed E-state index contributed by atoms with van der Waals surface area (Å²) in [6.07, 6.45) is 0. The molecule has 3 rings (SSSR count). The van der Waals surface area contributed by atoms with Gasteiger partial charge in [-0.25, -0.2) is 4.98 Å². The van der Waals surface area contributed by atoms with Gasteiger partial charge in [0.15, 0.2) is 15.7 Å². The van der Waals surface area contributed by atoms with E-state index in [1.165, 1.54) is 11.3 Å². The van der Waals surface area contributed by atoms with E-state index in [9.17, 15) is 4.79 Å². The zero-order chi connectivity index (χ0) is 20.3. The second-order valence-electron chi connectivity index (χ2n) is 7.23. The molecule has 9 heteroatoms. The molecule has 0 aliphatic rings. The molecule has 0 bridgehead atoms. The van der Waals surface area contributed by atoms with Crippen LogP contribution in [0.1, 0.15) is 33.4 Å². The number of thiazole rings is 1. The first-order valence-electron chi connectivity index (χ1n) is 8.92. The van der Waals surface area contributed by atoms with E-state index in [0.717, 1.165) is 17.0 Å². The molecule has 7 nitrogen and oxygen atoms in total. The van der Waals surface area contributed by atoms with Crippen LogP contribution in [0.25, 0.3) is 11.4 Å². The third-order valence-corrected chi connectivity index (χ3v) is 5.07. The highest BCUT2D eigenvalue weighted by molar-refractivity contribution is 7.71. The largest absolute Gasteiger partial charge is 0.494 e. The quantitative estimate of drug-likeness (QED) is 0.581. The van der Waals surface area contributed by atoms with Gasteiger partial charge in [-0.3, -0.25) is 14.5 Å². The molecule has 0 spiro atoms. The van der Waals surface area contributed by atoms with Crippen LogP contribution in [0, 0.1) is 4.77 Å². The average molecular weight is 418 g/mol. The summed E-state index contributed by atoms with van der Waals surface area (Å²) in [6, 6.07) is 7.51. The van der Waals surface area contributed by atoms with E-state index in [4.69, 9.17) is 17.0 Å². The van der Waals surface area contributed by atoms with E-state index in [1.807, 2.05) is 36.6 Å². The molecule has 1 amide bonds. The lowest BCUT2D eigenvalue weighted by atomic mass is 9.93. The Morgan fingerprint density at radius 2 is 2.04 bits per heavy atom. The molecule has 0 radical (unpaired) electrons. The number of H-pyrrole nitrogens is 1. The number of anilines is 1. The molecule has 0 saturated carbocycles. The van der Waals surface area contributed by atoms with Crippen molar-refractivity contribution in [3.8, 4) is 17.1 Å². The molecule has 0 unspecified atom stereocenters. The number of rotatable bonds is 6. The number of aromatic nitrogens is 4. The number of benzene rings is 1. The molecular formula is C19H23N5O2S2. The first-order valence-corrected chi connectivity index (χ1v) is 10.2. The van der Waals surface area contributed by atoms with E-state index < -0.39 is 0 Å². The first-order chi connectivity index (χ1) is 13.3. The van der Waals surface area contributed by atoms with Gasteiger partial charge < -0.3 is 10.1 Å². The monoisotopic (exact) mass is 417 g/mol. The van der Waals surface area contributed by atoms with Gasteiger partial charge in [0.25, 0.3) is 0 Å². The summed E-state index contributed by atoms with van der Waals surface area (Å²) in [4.78, 5) is 17.0. The van der Waals surface area contributed by atoms with Crippen LogP contribution in [0.2, 0.25) is 0 Å². The molecular weight excluding hydrogens is 394 g/mol. The number of nitrogens with one attached hydrogen (secondary N) is 2. The van der Waals surface area contributed by atoms with Crippen molar-refractivity contribution >= 4 is 34.6 Å². The topological polar surface area (TPSA) is 84.8 Å². The van der Waals surface area contributed by atoms with Crippen LogP contribution in [-0.2, 0) is 16.8 Å². The van der Waals surface area contributed by atoms with Crippen LogP contribution in [0.4, 0.5) is 5.13 Å². The summed E-state index contributed by atoms with van der Waals surface area (Å²) in [5.74, 6) is 1.17. The molecule has 0 aliphatic heterocycles. The number of carbonyl (C=O) groups is 1. The lowest BCUT2D eigenvalue weighted by Crippen LogP contribution is -2.20. The number of nitrogens with zero attached hydrogens (tertiary/aromatic N) is 3. The molecule has 1 aromatic carbocycles. The van der Waals surface area contributed by atoms with Gasteiger partial charge in [0.2, 0.25) is 5.91 Å². The fourth-order valence-electron chi connectivity index (χ4n) is 2.53. The summed E-state index contributed by atoms with van der Waals surface area (Å²) >= 11 is 6.72. The predicted molar refractivity (Wildman–Crippen MR) is 113 cm³/mol. The van der Waals surface area contributed by atoms with Gasteiger partial charge in [-0.2, -0.15) is 5.10 Å². The third-order valence-electron chi connectivity index (χ3n) is 4.00. The van der Waals surface area contributed by atoms with Crippen LogP contribution >= 0.6 is 23.6 Å². The fourth-order valence-corrected chi connectivity index (χ4v) is 3.68. The van der Waals surface area contributed by atoms with Crippen molar-refractivity contribution in [2.24, 2.45) is 0 Å². The lowest BCUT2D eigenvalue weighted by molar-refractivity contribution is -0.116. The third kappa shape index (κ3) is 4.66. The Labute approximate surface area is 172 Å². The van der Waals surface area contributed by atoms with Crippen LogP contribution in [0.5, 0.6) is 5.75 Å². The van der Waals surface area contributed by atoms with Crippen molar-refractivity contribution in [1.29, 1.82) is 0 Å². The Balaban J connectivity index is 1.75. The molecule has 0 saturated heterocycles. The van der Waals surface area contributed by atoms with E-state index in [-0.39, 0.29) is 17.9 Å². The van der Waals surface area contributed by atoms with Gasteiger partial charge in [-0.15, -0.1) is 11.3 Å². The van der Waals surface area contributed by atoms with E-state index >= 15 is 0 Å². The molecule has 148 valence electrons. The summed E-state index contributed by atoms with van der Waals surface area (Å²) in [7, 11) is 0. The minimum absolute atomic E-state index is 0.0440. The minimum atomic E-state index is -0.209. The van der Waals surface area contributed by atoms with Crippen molar-refractivity contribution in [3.05, 3.63) is 40.1 Å². The maximum Gasteiger partial charge on any atom is 0.246 e. The Hall–Kier alpha value is -2.52. The Morgan fingerprint density at radius 3 is 2.64 bits per heavy atom. The maximum absolute atomic E-state index is 12.5. The van der Waals surface area contributed by atoms with Crippen molar-refractivity contribution < 1.29 is 9.53 Å². The Bertz CT molecular complexity index is 1010. The number of carbonyl (C=O) groups excluding carboxylic acids is 1. The van der Waals surface area contributed by atoms with E-state index in [1.54, 1.807) is 4.57 Å². The molecule has 0 fully saturated rings. The SMILES string of the molecule is CCOc1ccc(-c2n[nH]c(=S)n2CC(=O)Nc2nc(C(C)(C)C)cs2)cc1. The summed E-state index contributed by atoms with van der Waals surface area (Å²) in [6.45, 7) is 8.84. The van der Waals surface area contributed by atoms with Gasteiger partial charge in [0.05, 0.1) is 12.3 Å². The fraction of sp³-hybridized carbons (Fsp3) is 0.368. The summed E-state index contributed by atoms with van der Waals surface area (Å²) in [5, 5.41) is 12.4. The van der Waals surface area contributed by atoms with Gasteiger partial charge in [-0.05, 0) is 43.4 Å².